The first-order valence-electron chi connectivity index (χ1n) is 24.4. The molecule has 70 heavy (non-hydrogen) atoms. The molecule has 4 heteroatoms. The zero-order chi connectivity index (χ0) is 47.0. The van der Waals surface area contributed by atoms with Gasteiger partial charge in [-0.25, -0.2) is 4.39 Å². The fraction of sp³-hybridized carbons (Fsp3) is 0.0909. The molecule has 0 atom stereocenters. The zero-order valence-electron chi connectivity index (χ0n) is 39.5. The molecular weight excluding hydrogens is 854 g/mol. The SMILES string of the molecule is CC1(C)c2ccccc2-c2ccc(N(c3ccc(-n4c5ccccc5c5ccccc54)cc3)c3ccc4c(c3)C(C)(C)c3cc(-c5ccc6c(c5)c5ccccc5n6-c5ccc(F)cc5)ccc3-4)cc21. The van der Waals surface area contributed by atoms with E-state index in [-0.39, 0.29) is 16.6 Å². The van der Waals surface area contributed by atoms with Crippen molar-refractivity contribution in [1.29, 1.82) is 0 Å². The molecule has 0 saturated carbocycles. The van der Waals surface area contributed by atoms with Crippen LogP contribution in [0.25, 0.3) is 88.4 Å². The van der Waals surface area contributed by atoms with E-state index >= 15 is 0 Å². The predicted molar refractivity (Wildman–Crippen MR) is 290 cm³/mol. The monoisotopic (exact) mass is 901 g/mol. The predicted octanol–water partition coefficient (Wildman–Crippen LogP) is 17.8. The summed E-state index contributed by atoms with van der Waals surface area (Å²) in [6.45, 7) is 9.48. The second kappa shape index (κ2) is 14.8. The highest BCUT2D eigenvalue weighted by molar-refractivity contribution is 6.11. The molecule has 10 aromatic carbocycles. The van der Waals surface area contributed by atoms with Gasteiger partial charge in [-0.1, -0.05) is 137 Å². The molecule has 0 saturated heterocycles. The second-order valence-electron chi connectivity index (χ2n) is 20.3. The van der Waals surface area contributed by atoms with Crippen LogP contribution in [0, 0.1) is 5.82 Å². The average molecular weight is 902 g/mol. The molecule has 0 unspecified atom stereocenters. The summed E-state index contributed by atoms with van der Waals surface area (Å²) in [5, 5.41) is 4.86. The first kappa shape index (κ1) is 40.6. The summed E-state index contributed by atoms with van der Waals surface area (Å²) in [6.07, 6.45) is 0. The van der Waals surface area contributed by atoms with Crippen molar-refractivity contribution in [2.24, 2.45) is 0 Å². The fourth-order valence-electron chi connectivity index (χ4n) is 12.3. The molecular formula is C66H48FN3. The number of nitrogens with zero attached hydrogens (tertiary/aromatic N) is 3. The van der Waals surface area contributed by atoms with Gasteiger partial charge in [-0.3, -0.25) is 0 Å². The number of halogens is 1. The Kier molecular flexibility index (Phi) is 8.56. The molecule has 0 fully saturated rings. The van der Waals surface area contributed by atoms with Crippen molar-refractivity contribution < 1.29 is 4.39 Å². The smallest absolute Gasteiger partial charge is 0.123 e. The van der Waals surface area contributed by atoms with E-state index in [1.807, 2.05) is 12.1 Å². The van der Waals surface area contributed by atoms with Crippen molar-refractivity contribution in [2.75, 3.05) is 4.90 Å². The number of benzene rings is 10. The van der Waals surface area contributed by atoms with Crippen LogP contribution in [0.3, 0.4) is 0 Å². The molecule has 0 aliphatic heterocycles. The molecule has 2 aromatic heterocycles. The van der Waals surface area contributed by atoms with Crippen LogP contribution in [0.15, 0.2) is 218 Å². The lowest BCUT2D eigenvalue weighted by Gasteiger charge is -2.30. The van der Waals surface area contributed by atoms with Gasteiger partial charge in [-0.2, -0.15) is 0 Å². The highest BCUT2D eigenvalue weighted by Gasteiger charge is 2.38. The van der Waals surface area contributed by atoms with Crippen molar-refractivity contribution in [3.05, 3.63) is 246 Å². The summed E-state index contributed by atoms with van der Waals surface area (Å²) in [7, 11) is 0. The van der Waals surface area contributed by atoms with Crippen LogP contribution in [0.4, 0.5) is 21.5 Å². The lowest BCUT2D eigenvalue weighted by molar-refractivity contribution is 0.627. The van der Waals surface area contributed by atoms with Crippen LogP contribution in [0.5, 0.6) is 0 Å². The van der Waals surface area contributed by atoms with Crippen molar-refractivity contribution >= 4 is 60.7 Å². The summed E-state index contributed by atoms with van der Waals surface area (Å²) < 4.78 is 18.7. The van der Waals surface area contributed by atoms with E-state index in [9.17, 15) is 4.39 Å². The van der Waals surface area contributed by atoms with Gasteiger partial charge in [-0.05, 0) is 165 Å². The molecule has 2 aliphatic carbocycles. The molecule has 3 nitrogen and oxygen atoms in total. The molecule has 0 spiro atoms. The van der Waals surface area contributed by atoms with Gasteiger partial charge >= 0.3 is 0 Å². The van der Waals surface area contributed by atoms with E-state index in [1.54, 1.807) is 0 Å². The van der Waals surface area contributed by atoms with Gasteiger partial charge in [0.25, 0.3) is 0 Å². The highest BCUT2D eigenvalue weighted by atomic mass is 19.1. The third-order valence-electron chi connectivity index (χ3n) is 15.8. The van der Waals surface area contributed by atoms with Crippen LogP contribution in [-0.4, -0.2) is 9.13 Å². The van der Waals surface area contributed by atoms with Crippen LogP contribution < -0.4 is 4.90 Å². The Labute approximate surface area is 406 Å². The fourth-order valence-corrected chi connectivity index (χ4v) is 12.3. The van der Waals surface area contributed by atoms with E-state index in [4.69, 9.17) is 0 Å². The summed E-state index contributed by atoms with van der Waals surface area (Å²) in [6, 6.07) is 78.7. The van der Waals surface area contributed by atoms with E-state index in [0.29, 0.717) is 0 Å². The van der Waals surface area contributed by atoms with Crippen molar-refractivity contribution in [3.8, 4) is 44.8 Å². The first-order valence-corrected chi connectivity index (χ1v) is 24.4. The van der Waals surface area contributed by atoms with Gasteiger partial charge in [0.05, 0.1) is 22.1 Å². The minimum absolute atomic E-state index is 0.141. The number of fused-ring (bicyclic) bond motifs is 12. The maximum Gasteiger partial charge on any atom is 0.123 e. The van der Waals surface area contributed by atoms with Crippen LogP contribution in [-0.2, 0) is 10.8 Å². The maximum atomic E-state index is 14.0. The van der Waals surface area contributed by atoms with E-state index in [0.717, 1.165) is 39.5 Å². The van der Waals surface area contributed by atoms with Gasteiger partial charge in [0.1, 0.15) is 5.82 Å². The molecule has 334 valence electrons. The zero-order valence-corrected chi connectivity index (χ0v) is 39.5. The number of hydrogen-bond acceptors (Lipinski definition) is 1. The van der Waals surface area contributed by atoms with E-state index in [1.165, 1.54) is 100 Å². The third kappa shape index (κ3) is 5.80. The highest BCUT2D eigenvalue weighted by Crippen LogP contribution is 2.54. The van der Waals surface area contributed by atoms with Crippen LogP contribution in [0.2, 0.25) is 0 Å². The van der Waals surface area contributed by atoms with E-state index in [2.05, 4.69) is 236 Å². The third-order valence-corrected chi connectivity index (χ3v) is 15.8. The summed E-state index contributed by atoms with van der Waals surface area (Å²) >= 11 is 0. The molecule has 2 aliphatic rings. The van der Waals surface area contributed by atoms with Gasteiger partial charge in [-0.15, -0.1) is 0 Å². The normalized spacial score (nSPS) is 14.0. The Morgan fingerprint density at radius 2 is 0.729 bits per heavy atom. The molecule has 0 amide bonds. The second-order valence-corrected chi connectivity index (χ2v) is 20.3. The largest absolute Gasteiger partial charge is 0.310 e. The Hall–Kier alpha value is -8.47. The van der Waals surface area contributed by atoms with Crippen LogP contribution >= 0.6 is 0 Å². The molecule has 0 bridgehead atoms. The molecule has 12 aromatic rings. The van der Waals surface area contributed by atoms with E-state index < -0.39 is 0 Å². The maximum absolute atomic E-state index is 14.0. The summed E-state index contributed by atoms with van der Waals surface area (Å²) in [4.78, 5) is 2.46. The number of para-hydroxylation sites is 3. The number of hydrogen-bond donors (Lipinski definition) is 0. The standard InChI is InChI=1S/C66H48FN3/c1-65(2)57-17-9-5-13-49(57)51-34-31-47(39-59(51)65)68(44-27-29-46(30-28-44)69-61-18-10-6-14-53(61)54-15-7-11-19-62(54)69)48-32-35-52-50-33-21-42(38-58(50)66(3,4)60(52)40-48)41-22-36-64-56(37-41)55-16-8-12-20-63(55)70(64)45-25-23-43(67)24-26-45/h5-40H,1-4H3. The minimum atomic E-state index is -0.271. The molecule has 14 rings (SSSR count). The van der Waals surface area contributed by atoms with Gasteiger partial charge in [0.15, 0.2) is 0 Å². The number of rotatable bonds is 6. The molecule has 0 N–H and O–H groups in total. The number of aromatic nitrogens is 2. The Morgan fingerprint density at radius 1 is 0.329 bits per heavy atom. The quantitative estimate of drug-likeness (QED) is 0.162. The average Bonchev–Trinajstić information content (AvgIpc) is 4.05. The van der Waals surface area contributed by atoms with Crippen molar-refractivity contribution in [2.45, 2.75) is 38.5 Å². The first-order chi connectivity index (χ1) is 34.1. The Morgan fingerprint density at radius 3 is 1.31 bits per heavy atom. The summed E-state index contributed by atoms with van der Waals surface area (Å²) in [5.41, 5.74) is 22.5. The van der Waals surface area contributed by atoms with Gasteiger partial charge < -0.3 is 14.0 Å². The lowest BCUT2D eigenvalue weighted by atomic mass is 9.81. The Bertz CT molecular complexity index is 4070. The lowest BCUT2D eigenvalue weighted by Crippen LogP contribution is -2.18. The van der Waals surface area contributed by atoms with Gasteiger partial charge in [0.2, 0.25) is 0 Å². The summed E-state index contributed by atoms with van der Waals surface area (Å²) in [5.74, 6) is -0.237. The molecule has 0 radical (unpaired) electrons. The van der Waals surface area contributed by atoms with Gasteiger partial charge in [0, 0.05) is 60.8 Å². The Balaban J connectivity index is 0.879. The number of anilines is 3. The minimum Gasteiger partial charge on any atom is -0.310 e. The van der Waals surface area contributed by atoms with Crippen molar-refractivity contribution in [1.82, 2.24) is 9.13 Å². The van der Waals surface area contributed by atoms with Crippen molar-refractivity contribution in [3.63, 3.8) is 0 Å². The topological polar surface area (TPSA) is 13.1 Å². The van der Waals surface area contributed by atoms with Crippen LogP contribution in [0.1, 0.15) is 49.9 Å². The molecule has 2 heterocycles.